The number of fused-ring (bicyclic) bond motifs is 2. The van der Waals surface area contributed by atoms with Crippen LogP contribution in [0.2, 0.25) is 0 Å². The number of nitrogens with two attached hydrogens (primary N) is 1. The van der Waals surface area contributed by atoms with E-state index in [0.29, 0.717) is 28.8 Å². The van der Waals surface area contributed by atoms with Gasteiger partial charge in [0.2, 0.25) is 10.0 Å². The van der Waals surface area contributed by atoms with Crippen molar-refractivity contribution < 1.29 is 17.6 Å². The van der Waals surface area contributed by atoms with Crippen molar-refractivity contribution in [2.75, 3.05) is 18.5 Å². The van der Waals surface area contributed by atoms with Crippen LogP contribution in [-0.2, 0) is 23.0 Å². The van der Waals surface area contributed by atoms with Gasteiger partial charge in [0.1, 0.15) is 0 Å². The molecule has 2 aromatic heterocycles. The van der Waals surface area contributed by atoms with Gasteiger partial charge >= 0.3 is 5.76 Å². The minimum absolute atomic E-state index is 0.139. The van der Waals surface area contributed by atoms with Crippen LogP contribution in [-0.4, -0.2) is 41.0 Å². The largest absolute Gasteiger partial charge is 0.427 e. The van der Waals surface area contributed by atoms with Gasteiger partial charge in [0.15, 0.2) is 5.58 Å². The third kappa shape index (κ3) is 2.92. The van der Waals surface area contributed by atoms with Crippen molar-refractivity contribution in [1.82, 2.24) is 13.9 Å². The molecule has 1 aliphatic heterocycles. The normalized spacial score (nSPS) is 15.0. The Labute approximate surface area is 154 Å². The van der Waals surface area contributed by atoms with Crippen LogP contribution in [0.3, 0.4) is 0 Å². The summed E-state index contributed by atoms with van der Waals surface area (Å²) in [5, 5.41) is 0. The lowest BCUT2D eigenvalue weighted by molar-refractivity contribution is 0.0954. The Morgan fingerprint density at radius 1 is 1.30 bits per heavy atom. The molecule has 0 radical (unpaired) electrons. The maximum absolute atomic E-state index is 13.1. The molecule has 0 bridgehead atoms. The molecule has 4 rings (SSSR count). The highest BCUT2D eigenvalue weighted by Crippen LogP contribution is 2.25. The maximum atomic E-state index is 13.1. The van der Waals surface area contributed by atoms with E-state index in [0.717, 1.165) is 10.8 Å². The Bertz CT molecular complexity index is 1240. The van der Waals surface area contributed by atoms with Gasteiger partial charge in [0, 0.05) is 37.2 Å². The van der Waals surface area contributed by atoms with Gasteiger partial charge in [0.25, 0.3) is 5.91 Å². The first-order valence-corrected chi connectivity index (χ1v) is 9.97. The number of hydrogen-bond acceptors (Lipinski definition) is 7. The van der Waals surface area contributed by atoms with Gasteiger partial charge in [0.05, 0.1) is 17.3 Å². The van der Waals surface area contributed by atoms with Crippen molar-refractivity contribution in [2.45, 2.75) is 13.0 Å². The van der Waals surface area contributed by atoms with E-state index >= 15 is 0 Å². The average Bonchev–Trinajstić information content (AvgIpc) is 2.94. The molecule has 0 unspecified atom stereocenters. The van der Waals surface area contributed by atoms with Gasteiger partial charge in [-0.25, -0.2) is 17.8 Å². The van der Waals surface area contributed by atoms with Gasteiger partial charge in [-0.3, -0.25) is 9.78 Å². The van der Waals surface area contributed by atoms with Gasteiger partial charge in [-0.1, -0.05) is 0 Å². The molecule has 0 spiro atoms. The molecule has 10 heteroatoms. The van der Waals surface area contributed by atoms with E-state index in [4.69, 9.17) is 10.2 Å². The van der Waals surface area contributed by atoms with E-state index in [1.54, 1.807) is 18.3 Å². The van der Waals surface area contributed by atoms with Crippen LogP contribution in [0.15, 0.2) is 39.8 Å². The lowest BCUT2D eigenvalue weighted by Gasteiger charge is -2.27. The van der Waals surface area contributed by atoms with Gasteiger partial charge < -0.3 is 10.2 Å². The molecule has 0 aliphatic carbocycles. The number of rotatable bonds is 2. The molecule has 3 aromatic rings. The summed E-state index contributed by atoms with van der Waals surface area (Å²) in [4.78, 5) is 29.4. The van der Waals surface area contributed by atoms with Gasteiger partial charge in [-0.2, -0.15) is 4.31 Å². The number of benzene rings is 1. The molecular formula is C17H16N4O5S. The smallest absolute Gasteiger partial charge is 0.407 e. The first-order valence-electron chi connectivity index (χ1n) is 8.12. The molecule has 27 heavy (non-hydrogen) atoms. The molecule has 1 aromatic carbocycles. The van der Waals surface area contributed by atoms with Crippen molar-refractivity contribution in [3.63, 3.8) is 0 Å². The molecule has 2 N–H and O–H groups in total. The van der Waals surface area contributed by atoms with E-state index in [1.807, 2.05) is 0 Å². The second-order valence-electron chi connectivity index (χ2n) is 6.41. The van der Waals surface area contributed by atoms with Crippen LogP contribution < -0.4 is 11.5 Å². The molecule has 1 aliphatic rings. The number of anilines is 1. The molecular weight excluding hydrogens is 372 g/mol. The zero-order valence-corrected chi connectivity index (χ0v) is 15.2. The summed E-state index contributed by atoms with van der Waals surface area (Å²) in [5.41, 5.74) is 8.21. The van der Waals surface area contributed by atoms with Crippen LogP contribution in [0.5, 0.6) is 0 Å². The van der Waals surface area contributed by atoms with Crippen LogP contribution in [0, 0.1) is 0 Å². The van der Waals surface area contributed by atoms with E-state index in [1.165, 1.54) is 16.6 Å². The molecule has 0 amide bonds. The minimum atomic E-state index is -3.35. The second kappa shape index (κ2) is 6.03. The Morgan fingerprint density at radius 2 is 2.07 bits per heavy atom. The quantitative estimate of drug-likeness (QED) is 0.636. The summed E-state index contributed by atoms with van der Waals surface area (Å²) in [6.07, 6.45) is 4.42. The standard InChI is InChI=1S/C17H16N4O5S/c1-27(24,25)20-5-4-12-10(9-20)7-19-8-13(12)16(22)21-14-3-2-11(18)6-15(14)26-17(21)23/h2-3,6-8H,4-5,9,18H2,1H3. The number of oxazole rings is 1. The lowest BCUT2D eigenvalue weighted by atomic mass is 9.98. The number of hydrogen-bond donors (Lipinski definition) is 1. The summed E-state index contributed by atoms with van der Waals surface area (Å²) < 4.78 is 31.0. The fourth-order valence-electron chi connectivity index (χ4n) is 3.28. The monoisotopic (exact) mass is 388 g/mol. The van der Waals surface area contributed by atoms with E-state index in [-0.39, 0.29) is 24.2 Å². The Kier molecular flexibility index (Phi) is 3.89. The summed E-state index contributed by atoms with van der Waals surface area (Å²) in [6, 6.07) is 4.59. The molecule has 3 heterocycles. The number of aromatic nitrogens is 2. The molecule has 0 saturated heterocycles. The maximum Gasteiger partial charge on any atom is 0.427 e. The molecule has 0 fully saturated rings. The van der Waals surface area contributed by atoms with Crippen molar-refractivity contribution in [3.8, 4) is 0 Å². The second-order valence-corrected chi connectivity index (χ2v) is 8.39. The molecule has 0 atom stereocenters. The SMILES string of the molecule is CS(=O)(=O)N1CCc2c(cncc2C(=O)n2c(=O)oc3cc(N)ccc32)C1. The fourth-order valence-corrected chi connectivity index (χ4v) is 4.08. The van der Waals surface area contributed by atoms with Crippen LogP contribution in [0.4, 0.5) is 5.69 Å². The topological polar surface area (TPSA) is 128 Å². The summed E-state index contributed by atoms with van der Waals surface area (Å²) in [5.74, 6) is -1.38. The average molecular weight is 388 g/mol. The Balaban J connectivity index is 1.81. The third-order valence-corrected chi connectivity index (χ3v) is 5.86. The van der Waals surface area contributed by atoms with Crippen LogP contribution >= 0.6 is 0 Å². The van der Waals surface area contributed by atoms with Gasteiger partial charge in [-0.15, -0.1) is 0 Å². The predicted octanol–water partition coefficient (Wildman–Crippen LogP) is 0.578. The van der Waals surface area contributed by atoms with Gasteiger partial charge in [-0.05, 0) is 29.7 Å². The van der Waals surface area contributed by atoms with Crippen molar-refractivity contribution in [2.24, 2.45) is 0 Å². The Morgan fingerprint density at radius 3 is 2.81 bits per heavy atom. The lowest BCUT2D eigenvalue weighted by Crippen LogP contribution is -2.36. The van der Waals surface area contributed by atoms with E-state index in [2.05, 4.69) is 4.98 Å². The van der Waals surface area contributed by atoms with Crippen molar-refractivity contribution >= 4 is 32.7 Å². The highest BCUT2D eigenvalue weighted by Gasteiger charge is 2.28. The summed E-state index contributed by atoms with van der Waals surface area (Å²) in [7, 11) is -3.35. The van der Waals surface area contributed by atoms with E-state index < -0.39 is 21.7 Å². The molecule has 0 saturated carbocycles. The minimum Gasteiger partial charge on any atom is -0.407 e. The zero-order valence-electron chi connectivity index (χ0n) is 14.4. The molecule has 140 valence electrons. The number of pyridine rings is 1. The first kappa shape index (κ1) is 17.4. The number of carbonyl (C=O) groups excluding carboxylic acids is 1. The number of sulfonamides is 1. The highest BCUT2D eigenvalue weighted by atomic mass is 32.2. The summed E-state index contributed by atoms with van der Waals surface area (Å²) >= 11 is 0. The van der Waals surface area contributed by atoms with Crippen molar-refractivity contribution in [3.05, 3.63) is 57.8 Å². The van der Waals surface area contributed by atoms with E-state index in [9.17, 15) is 18.0 Å². The van der Waals surface area contributed by atoms with Crippen LogP contribution in [0.1, 0.15) is 21.5 Å². The highest BCUT2D eigenvalue weighted by molar-refractivity contribution is 7.88. The fraction of sp³-hybridized carbons (Fsp3) is 0.235. The Hall–Kier alpha value is -2.98. The predicted molar refractivity (Wildman–Crippen MR) is 97.8 cm³/mol. The summed E-state index contributed by atoms with van der Waals surface area (Å²) in [6.45, 7) is 0.396. The third-order valence-electron chi connectivity index (χ3n) is 4.61. The first-order chi connectivity index (χ1) is 12.8. The number of nitrogens with zero attached hydrogens (tertiary/aromatic N) is 3. The van der Waals surface area contributed by atoms with Crippen LogP contribution in [0.25, 0.3) is 11.1 Å². The molecule has 9 nitrogen and oxygen atoms in total. The number of nitrogen functional groups attached to an aromatic ring is 1. The number of carbonyl (C=O) groups is 1. The van der Waals surface area contributed by atoms with Crippen molar-refractivity contribution in [1.29, 1.82) is 0 Å². The zero-order chi connectivity index (χ0) is 19.3.